The second-order valence-electron chi connectivity index (χ2n) is 4.16. The molecule has 1 aromatic carbocycles. The summed E-state index contributed by atoms with van der Waals surface area (Å²) in [7, 11) is -3.73. The molecule has 0 saturated carbocycles. The van der Waals surface area contributed by atoms with E-state index in [2.05, 4.69) is 5.32 Å². The monoisotopic (exact) mass is 281 g/mol. The smallest absolute Gasteiger partial charge is 0.238 e. The van der Waals surface area contributed by atoms with E-state index < -0.39 is 10.0 Å². The van der Waals surface area contributed by atoms with E-state index >= 15 is 0 Å². The molecule has 0 atom stereocenters. The van der Waals surface area contributed by atoms with Gasteiger partial charge in [0.2, 0.25) is 10.0 Å². The fraction of sp³-hybridized carbons (Fsp3) is 0.167. The number of primary sulfonamides is 1. The number of sulfonamides is 1. The van der Waals surface area contributed by atoms with Gasteiger partial charge >= 0.3 is 0 Å². The molecule has 0 radical (unpaired) electrons. The predicted molar refractivity (Wildman–Crippen MR) is 73.0 cm³/mol. The minimum Gasteiger partial charge on any atom is -0.465 e. The number of rotatable bonds is 4. The average Bonchev–Trinajstić information content (AvgIpc) is 2.72. The maximum Gasteiger partial charge on any atom is 0.238 e. The first-order valence-corrected chi connectivity index (χ1v) is 7.12. The summed E-state index contributed by atoms with van der Waals surface area (Å²) in [5.74, 6) is 1.60. The van der Waals surface area contributed by atoms with Crippen LogP contribution in [0.25, 0.3) is 0 Å². The Bertz CT molecular complexity index is 692. The van der Waals surface area contributed by atoms with Crippen molar-refractivity contribution in [3.8, 4) is 0 Å². The van der Waals surface area contributed by atoms with E-state index in [1.807, 2.05) is 19.1 Å². The van der Waals surface area contributed by atoms with E-state index in [9.17, 15) is 8.42 Å². The van der Waals surface area contributed by atoms with Crippen molar-refractivity contribution in [1.82, 2.24) is 0 Å². The zero-order valence-electron chi connectivity index (χ0n) is 10.4. The van der Waals surface area contributed by atoms with Gasteiger partial charge in [-0.05, 0) is 37.3 Å². The molecule has 102 valence electrons. The van der Waals surface area contributed by atoms with Crippen LogP contribution >= 0.6 is 0 Å². The number of nitrogens with one attached hydrogen (secondary N) is 1. The number of hydrogen-bond acceptors (Lipinski definition) is 5. The standard InChI is InChI=1S/C12H15N3O3S/c1-8-2-3-9(18-8)7-15-12-5-4-10(6-11(12)13)19(14,16)17/h2-6,15H,7,13H2,1H3,(H2,14,16,17). The summed E-state index contributed by atoms with van der Waals surface area (Å²) < 4.78 is 27.7. The Balaban J connectivity index is 2.14. The van der Waals surface area contributed by atoms with E-state index in [0.29, 0.717) is 17.9 Å². The zero-order chi connectivity index (χ0) is 14.0. The highest BCUT2D eigenvalue weighted by atomic mass is 32.2. The maximum atomic E-state index is 11.2. The first-order chi connectivity index (χ1) is 8.86. The third kappa shape index (κ3) is 3.27. The molecule has 1 aromatic heterocycles. The lowest BCUT2D eigenvalue weighted by Gasteiger charge is -2.09. The van der Waals surface area contributed by atoms with Gasteiger partial charge in [-0.25, -0.2) is 13.6 Å². The molecule has 0 bridgehead atoms. The summed E-state index contributed by atoms with van der Waals surface area (Å²) in [6, 6.07) is 8.03. The summed E-state index contributed by atoms with van der Waals surface area (Å²) in [5, 5.41) is 8.09. The van der Waals surface area contributed by atoms with Crippen LogP contribution in [-0.4, -0.2) is 8.42 Å². The van der Waals surface area contributed by atoms with Gasteiger partial charge < -0.3 is 15.5 Å². The molecular weight excluding hydrogens is 266 g/mol. The van der Waals surface area contributed by atoms with Crippen LogP contribution in [0.5, 0.6) is 0 Å². The third-order valence-corrected chi connectivity index (χ3v) is 3.51. The van der Waals surface area contributed by atoms with Crippen LogP contribution in [0.3, 0.4) is 0 Å². The van der Waals surface area contributed by atoms with Crippen molar-refractivity contribution in [3.05, 3.63) is 41.9 Å². The lowest BCUT2D eigenvalue weighted by molar-refractivity contribution is 0.490. The Hall–Kier alpha value is -1.99. The zero-order valence-corrected chi connectivity index (χ0v) is 11.2. The first-order valence-electron chi connectivity index (χ1n) is 5.58. The molecule has 0 aliphatic rings. The molecule has 19 heavy (non-hydrogen) atoms. The number of benzene rings is 1. The van der Waals surface area contributed by atoms with Crippen LogP contribution in [0.15, 0.2) is 39.6 Å². The molecule has 0 saturated heterocycles. The highest BCUT2D eigenvalue weighted by molar-refractivity contribution is 7.89. The quantitative estimate of drug-likeness (QED) is 0.734. The largest absolute Gasteiger partial charge is 0.465 e. The van der Waals surface area contributed by atoms with E-state index in [-0.39, 0.29) is 4.90 Å². The van der Waals surface area contributed by atoms with Gasteiger partial charge in [0.05, 0.1) is 22.8 Å². The Morgan fingerprint density at radius 1 is 1.26 bits per heavy atom. The van der Waals surface area contributed by atoms with Crippen LogP contribution in [0.4, 0.5) is 11.4 Å². The van der Waals surface area contributed by atoms with Crippen molar-refractivity contribution in [2.24, 2.45) is 5.14 Å². The highest BCUT2D eigenvalue weighted by Gasteiger charge is 2.10. The Labute approximate surface area is 111 Å². The van der Waals surface area contributed by atoms with Crippen LogP contribution in [-0.2, 0) is 16.6 Å². The molecule has 0 aliphatic carbocycles. The van der Waals surface area contributed by atoms with Crippen molar-refractivity contribution < 1.29 is 12.8 Å². The van der Waals surface area contributed by atoms with Gasteiger partial charge in [0, 0.05) is 0 Å². The summed E-state index contributed by atoms with van der Waals surface area (Å²) in [6.45, 7) is 2.32. The Kier molecular flexibility index (Phi) is 3.50. The van der Waals surface area contributed by atoms with E-state index in [4.69, 9.17) is 15.3 Å². The second kappa shape index (κ2) is 4.94. The predicted octanol–water partition coefficient (Wildman–Crippen LogP) is 1.43. The summed E-state index contributed by atoms with van der Waals surface area (Å²) in [4.78, 5) is -0.00982. The van der Waals surface area contributed by atoms with E-state index in [1.165, 1.54) is 12.1 Å². The van der Waals surface area contributed by atoms with Crippen molar-refractivity contribution in [3.63, 3.8) is 0 Å². The highest BCUT2D eigenvalue weighted by Crippen LogP contribution is 2.22. The topological polar surface area (TPSA) is 111 Å². The first kappa shape index (κ1) is 13.4. The fourth-order valence-electron chi connectivity index (χ4n) is 1.64. The molecular formula is C12H15N3O3S. The summed E-state index contributed by atoms with van der Waals surface area (Å²) in [5.41, 5.74) is 6.72. The number of nitrogens with two attached hydrogens (primary N) is 2. The molecule has 5 N–H and O–H groups in total. The molecule has 1 heterocycles. The second-order valence-corrected chi connectivity index (χ2v) is 5.72. The Morgan fingerprint density at radius 2 is 2.00 bits per heavy atom. The molecule has 2 aromatic rings. The molecule has 0 spiro atoms. The Morgan fingerprint density at radius 3 is 2.53 bits per heavy atom. The summed E-state index contributed by atoms with van der Waals surface area (Å²) >= 11 is 0. The van der Waals surface area contributed by atoms with Gasteiger partial charge in [-0.3, -0.25) is 0 Å². The van der Waals surface area contributed by atoms with Crippen molar-refractivity contribution in [1.29, 1.82) is 0 Å². The molecule has 2 rings (SSSR count). The van der Waals surface area contributed by atoms with Gasteiger partial charge in [0.25, 0.3) is 0 Å². The van der Waals surface area contributed by atoms with Gasteiger partial charge in [-0.1, -0.05) is 0 Å². The number of nitrogen functional groups attached to an aromatic ring is 1. The number of furan rings is 1. The van der Waals surface area contributed by atoms with Crippen molar-refractivity contribution >= 4 is 21.4 Å². The van der Waals surface area contributed by atoms with Crippen LogP contribution in [0, 0.1) is 6.92 Å². The van der Waals surface area contributed by atoms with Crippen molar-refractivity contribution in [2.75, 3.05) is 11.1 Å². The normalized spacial score (nSPS) is 11.5. The van der Waals surface area contributed by atoms with Crippen LogP contribution < -0.4 is 16.2 Å². The SMILES string of the molecule is Cc1ccc(CNc2ccc(S(N)(=O)=O)cc2N)o1. The minimum absolute atomic E-state index is 0.00982. The van der Waals surface area contributed by atoms with Gasteiger partial charge in [-0.2, -0.15) is 0 Å². The molecule has 0 unspecified atom stereocenters. The van der Waals surface area contributed by atoms with E-state index in [0.717, 1.165) is 11.5 Å². The van der Waals surface area contributed by atoms with Gasteiger partial charge in [0.15, 0.2) is 0 Å². The molecule has 7 heteroatoms. The molecule has 6 nitrogen and oxygen atoms in total. The minimum atomic E-state index is -3.73. The summed E-state index contributed by atoms with van der Waals surface area (Å²) in [6.07, 6.45) is 0. The van der Waals surface area contributed by atoms with Crippen LogP contribution in [0.2, 0.25) is 0 Å². The average molecular weight is 281 g/mol. The molecule has 0 aliphatic heterocycles. The molecule has 0 fully saturated rings. The number of hydrogen-bond donors (Lipinski definition) is 3. The van der Waals surface area contributed by atoms with Crippen molar-refractivity contribution in [2.45, 2.75) is 18.4 Å². The third-order valence-electron chi connectivity index (χ3n) is 2.60. The maximum absolute atomic E-state index is 11.2. The number of anilines is 2. The van der Waals surface area contributed by atoms with Crippen LogP contribution in [0.1, 0.15) is 11.5 Å². The van der Waals surface area contributed by atoms with Gasteiger partial charge in [0.1, 0.15) is 11.5 Å². The fourth-order valence-corrected chi connectivity index (χ4v) is 2.19. The lowest BCUT2D eigenvalue weighted by atomic mass is 10.2. The molecule has 0 amide bonds. The van der Waals surface area contributed by atoms with E-state index in [1.54, 1.807) is 6.07 Å². The number of aryl methyl sites for hydroxylation is 1. The van der Waals surface area contributed by atoms with Gasteiger partial charge in [-0.15, -0.1) is 0 Å². The lowest BCUT2D eigenvalue weighted by Crippen LogP contribution is -2.13.